The number of hydrogen-bond donors (Lipinski definition) is 0. The van der Waals surface area contributed by atoms with Crippen LogP contribution in [0.2, 0.25) is 0 Å². The van der Waals surface area contributed by atoms with Crippen LogP contribution in [0.25, 0.3) is 5.73 Å². The van der Waals surface area contributed by atoms with Crippen molar-refractivity contribution in [1.82, 2.24) is 0 Å². The summed E-state index contributed by atoms with van der Waals surface area (Å²) >= 11 is 0. The molecule has 1 radical (unpaired) electrons. The van der Waals surface area contributed by atoms with Crippen LogP contribution in [0.1, 0.15) is 32.6 Å². The van der Waals surface area contributed by atoms with Gasteiger partial charge in [-0.3, -0.25) is 0 Å². The predicted octanol–water partition coefficient (Wildman–Crippen LogP) is 2.61. The first-order chi connectivity index (χ1) is 3.79. The Balaban J connectivity index is 0.000000640. The van der Waals surface area contributed by atoms with E-state index in [9.17, 15) is 0 Å². The van der Waals surface area contributed by atoms with Gasteiger partial charge in [0.2, 0.25) is 0 Å². The quantitative estimate of drug-likeness (QED) is 0.552. The SMILES string of the molecule is CC1CCC([NH-])CC1.[Ru+]. The number of hydrogen-bond acceptors (Lipinski definition) is 0. The molecule has 0 heterocycles. The van der Waals surface area contributed by atoms with Crippen LogP contribution in [-0.4, -0.2) is 6.04 Å². The van der Waals surface area contributed by atoms with Crippen molar-refractivity contribution in [2.45, 2.75) is 38.6 Å². The number of rotatable bonds is 0. The van der Waals surface area contributed by atoms with Crippen LogP contribution >= 0.6 is 0 Å². The maximum atomic E-state index is 7.36. The summed E-state index contributed by atoms with van der Waals surface area (Å²) in [6.45, 7) is 2.28. The Morgan fingerprint density at radius 3 is 1.89 bits per heavy atom. The molecular formula is C7H14NRu. The molecular weight excluding hydrogens is 199 g/mol. The molecule has 1 aliphatic carbocycles. The molecule has 9 heavy (non-hydrogen) atoms. The van der Waals surface area contributed by atoms with Gasteiger partial charge < -0.3 is 5.73 Å². The topological polar surface area (TPSA) is 23.8 Å². The van der Waals surface area contributed by atoms with E-state index in [1.54, 1.807) is 0 Å². The van der Waals surface area contributed by atoms with E-state index in [-0.39, 0.29) is 25.5 Å². The molecule has 0 aliphatic heterocycles. The van der Waals surface area contributed by atoms with E-state index in [0.717, 1.165) is 18.8 Å². The van der Waals surface area contributed by atoms with Gasteiger partial charge >= 0.3 is 19.5 Å². The molecule has 1 aliphatic rings. The van der Waals surface area contributed by atoms with Crippen molar-refractivity contribution in [2.24, 2.45) is 5.92 Å². The zero-order valence-electron chi connectivity index (χ0n) is 5.84. The van der Waals surface area contributed by atoms with Crippen molar-refractivity contribution in [3.05, 3.63) is 5.73 Å². The third-order valence-electron chi connectivity index (χ3n) is 2.02. The fourth-order valence-electron chi connectivity index (χ4n) is 1.26. The minimum atomic E-state index is 0. The molecule has 55 valence electrons. The summed E-state index contributed by atoms with van der Waals surface area (Å²) in [5.74, 6) is 0.900. The van der Waals surface area contributed by atoms with Crippen LogP contribution in [0, 0.1) is 5.92 Å². The van der Waals surface area contributed by atoms with Gasteiger partial charge in [-0.2, -0.15) is 0 Å². The van der Waals surface area contributed by atoms with Crippen LogP contribution in [0.5, 0.6) is 0 Å². The maximum Gasteiger partial charge on any atom is 1.00 e. The monoisotopic (exact) mass is 214 g/mol. The molecule has 0 aromatic carbocycles. The van der Waals surface area contributed by atoms with Crippen molar-refractivity contribution in [3.8, 4) is 0 Å². The second-order valence-electron chi connectivity index (χ2n) is 2.96. The Hall–Kier alpha value is 0.583. The van der Waals surface area contributed by atoms with Crippen molar-refractivity contribution >= 4 is 0 Å². The standard InChI is InChI=1S/C7H14N.Ru/c1-6-2-4-7(8)5-3-6;/h6-8H,2-5H2,1H3;/q-1;+1. The maximum absolute atomic E-state index is 7.36. The minimum Gasteiger partial charge on any atom is -0.675 e. The molecule has 2 heteroatoms. The molecule has 1 fully saturated rings. The van der Waals surface area contributed by atoms with E-state index in [4.69, 9.17) is 5.73 Å². The van der Waals surface area contributed by atoms with E-state index >= 15 is 0 Å². The van der Waals surface area contributed by atoms with Gasteiger partial charge in [0, 0.05) is 0 Å². The van der Waals surface area contributed by atoms with E-state index in [1.165, 1.54) is 12.8 Å². The van der Waals surface area contributed by atoms with Crippen molar-refractivity contribution < 1.29 is 19.5 Å². The van der Waals surface area contributed by atoms with Crippen LogP contribution in [-0.2, 0) is 19.5 Å². The Morgan fingerprint density at radius 1 is 1.11 bits per heavy atom. The summed E-state index contributed by atoms with van der Waals surface area (Å²) in [7, 11) is 0. The Kier molecular flexibility index (Phi) is 4.69. The van der Waals surface area contributed by atoms with Crippen molar-refractivity contribution in [1.29, 1.82) is 0 Å². The van der Waals surface area contributed by atoms with Gasteiger partial charge in [0.1, 0.15) is 0 Å². The van der Waals surface area contributed by atoms with E-state index in [2.05, 4.69) is 6.92 Å². The molecule has 0 spiro atoms. The van der Waals surface area contributed by atoms with Crippen molar-refractivity contribution in [2.75, 3.05) is 0 Å². The molecule has 0 atom stereocenters. The second-order valence-corrected chi connectivity index (χ2v) is 2.96. The van der Waals surface area contributed by atoms with Crippen LogP contribution in [0.3, 0.4) is 0 Å². The second kappa shape index (κ2) is 4.41. The fourth-order valence-corrected chi connectivity index (χ4v) is 1.26. The van der Waals surface area contributed by atoms with Crippen LogP contribution in [0.15, 0.2) is 0 Å². The Bertz CT molecular complexity index is 57.3. The van der Waals surface area contributed by atoms with Gasteiger partial charge in [-0.25, -0.2) is 0 Å². The normalized spacial score (nSPS) is 35.3. The van der Waals surface area contributed by atoms with Crippen molar-refractivity contribution in [3.63, 3.8) is 0 Å². The summed E-state index contributed by atoms with van der Waals surface area (Å²) in [5.41, 5.74) is 7.36. The first-order valence-corrected chi connectivity index (χ1v) is 3.50. The van der Waals surface area contributed by atoms with Gasteiger partial charge in [0.05, 0.1) is 0 Å². The molecule has 1 nitrogen and oxygen atoms in total. The van der Waals surface area contributed by atoms with Crippen LogP contribution in [0.4, 0.5) is 0 Å². The predicted molar refractivity (Wildman–Crippen MR) is 35.7 cm³/mol. The molecule has 0 bridgehead atoms. The molecule has 0 amide bonds. The Morgan fingerprint density at radius 2 is 1.56 bits per heavy atom. The summed E-state index contributed by atoms with van der Waals surface area (Å²) in [5, 5.41) is 0. The van der Waals surface area contributed by atoms with Gasteiger partial charge in [-0.05, 0) is 5.92 Å². The van der Waals surface area contributed by atoms with E-state index in [0.29, 0.717) is 0 Å². The summed E-state index contributed by atoms with van der Waals surface area (Å²) in [6, 6.07) is 0.270. The summed E-state index contributed by atoms with van der Waals surface area (Å²) in [6.07, 6.45) is 4.85. The fraction of sp³-hybridized carbons (Fsp3) is 1.00. The van der Waals surface area contributed by atoms with E-state index in [1.807, 2.05) is 0 Å². The van der Waals surface area contributed by atoms with Gasteiger partial charge in [-0.1, -0.05) is 32.6 Å². The molecule has 0 aromatic heterocycles. The average molecular weight is 213 g/mol. The molecule has 1 N–H and O–H groups in total. The third-order valence-corrected chi connectivity index (χ3v) is 2.02. The largest absolute Gasteiger partial charge is 1.00 e. The van der Waals surface area contributed by atoms with Gasteiger partial charge in [0.25, 0.3) is 0 Å². The van der Waals surface area contributed by atoms with Gasteiger partial charge in [0.15, 0.2) is 0 Å². The molecule has 0 aromatic rings. The first-order valence-electron chi connectivity index (χ1n) is 3.50. The molecule has 0 unspecified atom stereocenters. The first kappa shape index (κ1) is 9.58. The zero-order valence-corrected chi connectivity index (χ0v) is 7.57. The Labute approximate surface area is 70.1 Å². The summed E-state index contributed by atoms with van der Waals surface area (Å²) < 4.78 is 0. The van der Waals surface area contributed by atoms with E-state index < -0.39 is 0 Å². The molecule has 0 saturated heterocycles. The third kappa shape index (κ3) is 3.32. The minimum absolute atomic E-state index is 0. The molecule has 1 rings (SSSR count). The van der Waals surface area contributed by atoms with Gasteiger partial charge in [-0.15, -0.1) is 6.04 Å². The summed E-state index contributed by atoms with van der Waals surface area (Å²) in [4.78, 5) is 0. The smallest absolute Gasteiger partial charge is 0.675 e. The number of nitrogens with one attached hydrogen (secondary N) is 1. The zero-order chi connectivity index (χ0) is 5.98. The molecule has 1 saturated carbocycles. The average Bonchev–Trinajstić information content (AvgIpc) is 1.77. The van der Waals surface area contributed by atoms with Crippen LogP contribution < -0.4 is 0 Å².